The highest BCUT2D eigenvalue weighted by molar-refractivity contribution is 5.96. The third-order valence-corrected chi connectivity index (χ3v) is 2.84. The lowest BCUT2D eigenvalue weighted by molar-refractivity contribution is 0.168. The van der Waals surface area contributed by atoms with E-state index in [9.17, 15) is 4.79 Å². The van der Waals surface area contributed by atoms with Gasteiger partial charge in [0.25, 0.3) is 0 Å². The number of carbonyl (C=O) groups is 1. The molecule has 1 amide bonds. The van der Waals surface area contributed by atoms with Crippen LogP contribution in [0.15, 0.2) is 41.4 Å². The number of hydrogen-bond acceptors (Lipinski definition) is 3. The number of carbonyl (C=O) groups excluding carboxylic acids is 1. The first-order valence-corrected chi connectivity index (χ1v) is 6.87. The number of benzene rings is 1. The molecule has 0 bridgehead atoms. The molecule has 1 N–H and O–H groups in total. The highest BCUT2D eigenvalue weighted by atomic mass is 16.5. The predicted octanol–water partition coefficient (Wildman–Crippen LogP) is 3.69. The highest BCUT2D eigenvalue weighted by Gasteiger charge is 2.10. The number of nitrogens with zero attached hydrogens (tertiary/aromatic N) is 2. The zero-order valence-corrected chi connectivity index (χ0v) is 13.1. The Morgan fingerprint density at radius 2 is 1.95 bits per heavy atom. The molecule has 0 fully saturated rings. The molecule has 0 aliphatic rings. The van der Waals surface area contributed by atoms with Crippen LogP contribution >= 0.6 is 0 Å². The summed E-state index contributed by atoms with van der Waals surface area (Å²) >= 11 is 0. The van der Waals surface area contributed by atoms with Crippen molar-refractivity contribution in [1.82, 2.24) is 0 Å². The number of amides is 1. The summed E-state index contributed by atoms with van der Waals surface area (Å²) in [5.74, 6) is 0.907. The van der Waals surface area contributed by atoms with Gasteiger partial charge in [0, 0.05) is 25.0 Å². The molecule has 21 heavy (non-hydrogen) atoms. The first kappa shape index (κ1) is 16.8. The summed E-state index contributed by atoms with van der Waals surface area (Å²) in [6.45, 7) is 10.7. The maximum Gasteiger partial charge on any atom is 0.411 e. The van der Waals surface area contributed by atoms with Gasteiger partial charge in [-0.15, -0.1) is 0 Å². The Balaban J connectivity index is 2.87. The minimum atomic E-state index is -0.449. The molecule has 1 aromatic rings. The first-order valence-electron chi connectivity index (χ1n) is 6.87. The van der Waals surface area contributed by atoms with E-state index in [2.05, 4.69) is 21.8 Å². The second-order valence-electron chi connectivity index (χ2n) is 4.71. The van der Waals surface area contributed by atoms with Crippen LogP contribution in [0.2, 0.25) is 0 Å². The molecule has 0 atom stereocenters. The second kappa shape index (κ2) is 8.09. The smallest absolute Gasteiger partial charge is 0.411 e. The number of hydrogen-bond donors (Lipinski definition) is 1. The third-order valence-electron chi connectivity index (χ3n) is 2.84. The zero-order valence-electron chi connectivity index (χ0n) is 13.1. The molecule has 0 radical (unpaired) electrons. The second-order valence-corrected chi connectivity index (χ2v) is 4.71. The zero-order chi connectivity index (χ0) is 15.8. The van der Waals surface area contributed by atoms with Gasteiger partial charge < -0.3 is 9.64 Å². The van der Waals surface area contributed by atoms with Crippen LogP contribution < -0.4 is 10.2 Å². The van der Waals surface area contributed by atoms with E-state index in [-0.39, 0.29) is 0 Å². The van der Waals surface area contributed by atoms with Crippen molar-refractivity contribution in [2.24, 2.45) is 4.99 Å². The van der Waals surface area contributed by atoms with Crippen molar-refractivity contribution in [3.05, 3.63) is 36.4 Å². The van der Waals surface area contributed by atoms with E-state index >= 15 is 0 Å². The van der Waals surface area contributed by atoms with Gasteiger partial charge in [-0.05, 0) is 45.0 Å². The van der Waals surface area contributed by atoms with Crippen molar-refractivity contribution in [2.45, 2.75) is 20.8 Å². The van der Waals surface area contributed by atoms with Crippen LogP contribution in [0.4, 0.5) is 16.2 Å². The van der Waals surface area contributed by atoms with Gasteiger partial charge in [0.1, 0.15) is 5.84 Å². The van der Waals surface area contributed by atoms with E-state index in [0.717, 1.165) is 17.1 Å². The predicted molar refractivity (Wildman–Crippen MR) is 88.3 cm³/mol. The van der Waals surface area contributed by atoms with E-state index in [4.69, 9.17) is 4.74 Å². The molecule has 0 saturated carbocycles. The lowest BCUT2D eigenvalue weighted by atomic mass is 10.2. The Morgan fingerprint density at radius 1 is 1.33 bits per heavy atom. The van der Waals surface area contributed by atoms with Crippen LogP contribution in [0.1, 0.15) is 20.8 Å². The van der Waals surface area contributed by atoms with Crippen molar-refractivity contribution in [3.8, 4) is 0 Å². The molecule has 114 valence electrons. The van der Waals surface area contributed by atoms with E-state index in [0.29, 0.717) is 18.8 Å². The average molecular weight is 289 g/mol. The van der Waals surface area contributed by atoms with E-state index in [1.54, 1.807) is 14.0 Å². The SMILES string of the molecule is C=C(C)CN(C(C)=NC)c1ccc(NC(=O)OCC)cc1. The molecule has 0 aliphatic heterocycles. The summed E-state index contributed by atoms with van der Waals surface area (Å²) in [6.07, 6.45) is -0.449. The minimum absolute atomic E-state index is 0.350. The monoisotopic (exact) mass is 289 g/mol. The largest absolute Gasteiger partial charge is 0.450 e. The van der Waals surface area contributed by atoms with Gasteiger partial charge in [-0.2, -0.15) is 0 Å². The first-order chi connectivity index (χ1) is 9.97. The van der Waals surface area contributed by atoms with Crippen molar-refractivity contribution in [2.75, 3.05) is 30.4 Å². The normalized spacial score (nSPS) is 11.0. The maximum atomic E-state index is 11.4. The molecule has 0 aromatic heterocycles. The number of ether oxygens (including phenoxy) is 1. The Hall–Kier alpha value is -2.30. The molecule has 5 heteroatoms. The van der Waals surface area contributed by atoms with E-state index in [1.807, 2.05) is 38.1 Å². The van der Waals surface area contributed by atoms with Gasteiger partial charge in [-0.25, -0.2) is 4.79 Å². The molecule has 5 nitrogen and oxygen atoms in total. The number of amidine groups is 1. The summed E-state index contributed by atoms with van der Waals surface area (Å²) < 4.78 is 4.84. The van der Waals surface area contributed by atoms with E-state index in [1.165, 1.54) is 0 Å². The lowest BCUT2D eigenvalue weighted by Crippen LogP contribution is -2.30. The number of aliphatic imine (C=N–C) groups is 1. The van der Waals surface area contributed by atoms with Crippen molar-refractivity contribution in [1.29, 1.82) is 0 Å². The van der Waals surface area contributed by atoms with Gasteiger partial charge in [0.2, 0.25) is 0 Å². The summed E-state index contributed by atoms with van der Waals surface area (Å²) in [5.41, 5.74) is 2.74. The van der Waals surface area contributed by atoms with Crippen molar-refractivity contribution >= 4 is 23.3 Å². The van der Waals surface area contributed by atoms with E-state index < -0.39 is 6.09 Å². The average Bonchev–Trinajstić information content (AvgIpc) is 2.45. The number of anilines is 2. The van der Waals surface area contributed by atoms with Crippen LogP contribution in [-0.4, -0.2) is 32.1 Å². The summed E-state index contributed by atoms with van der Waals surface area (Å²) in [4.78, 5) is 17.6. The quantitative estimate of drug-likeness (QED) is 0.511. The third kappa shape index (κ3) is 5.30. The van der Waals surface area contributed by atoms with Gasteiger partial charge in [-0.1, -0.05) is 12.2 Å². The van der Waals surface area contributed by atoms with Crippen molar-refractivity contribution in [3.63, 3.8) is 0 Å². The van der Waals surface area contributed by atoms with Gasteiger partial charge in [-0.3, -0.25) is 10.3 Å². The van der Waals surface area contributed by atoms with Crippen molar-refractivity contribution < 1.29 is 9.53 Å². The molecule has 0 saturated heterocycles. The van der Waals surface area contributed by atoms with Crippen LogP contribution in [-0.2, 0) is 4.74 Å². The molecule has 0 aliphatic carbocycles. The highest BCUT2D eigenvalue weighted by Crippen LogP contribution is 2.19. The molecule has 0 heterocycles. The van der Waals surface area contributed by atoms with Gasteiger partial charge in [0.15, 0.2) is 0 Å². The minimum Gasteiger partial charge on any atom is -0.450 e. The molecule has 1 rings (SSSR count). The Labute approximate surface area is 126 Å². The standard InChI is InChI=1S/C16H23N3O2/c1-6-21-16(20)18-14-7-9-15(10-8-14)19(11-12(2)3)13(4)17-5/h7-10H,2,6,11H2,1,3-5H3,(H,18,20). The topological polar surface area (TPSA) is 53.9 Å². The van der Waals surface area contributed by atoms with Crippen LogP contribution in [0.3, 0.4) is 0 Å². The summed E-state index contributed by atoms with van der Waals surface area (Å²) in [5, 5.41) is 2.67. The fourth-order valence-corrected chi connectivity index (χ4v) is 1.79. The molecular formula is C16H23N3O2. The fraction of sp³-hybridized carbons (Fsp3) is 0.375. The van der Waals surface area contributed by atoms with Gasteiger partial charge in [0.05, 0.1) is 6.61 Å². The van der Waals surface area contributed by atoms with Gasteiger partial charge >= 0.3 is 6.09 Å². The number of rotatable bonds is 5. The summed E-state index contributed by atoms with van der Waals surface area (Å²) in [6, 6.07) is 7.53. The Bertz CT molecular complexity index is 521. The lowest BCUT2D eigenvalue weighted by Gasteiger charge is -2.24. The molecule has 1 aromatic carbocycles. The number of nitrogens with one attached hydrogen (secondary N) is 1. The Morgan fingerprint density at radius 3 is 2.43 bits per heavy atom. The van der Waals surface area contributed by atoms with Crippen LogP contribution in [0.5, 0.6) is 0 Å². The molecular weight excluding hydrogens is 266 g/mol. The van der Waals surface area contributed by atoms with Crippen LogP contribution in [0, 0.1) is 0 Å². The fourth-order valence-electron chi connectivity index (χ4n) is 1.79. The summed E-state index contributed by atoms with van der Waals surface area (Å²) in [7, 11) is 1.76. The molecule has 0 spiro atoms. The molecule has 0 unspecified atom stereocenters. The Kier molecular flexibility index (Phi) is 6.46. The van der Waals surface area contributed by atoms with Crippen LogP contribution in [0.25, 0.3) is 0 Å². The maximum absolute atomic E-state index is 11.4.